The predicted molar refractivity (Wildman–Crippen MR) is 82.9 cm³/mol. The molecule has 0 saturated carbocycles. The Morgan fingerprint density at radius 1 is 1.37 bits per heavy atom. The number of hydrogen-bond donors (Lipinski definition) is 2. The Bertz CT molecular complexity index is 384. The standard InChI is InChI=1S/C15H25NO2S/c1-5-16-12(3)13-6-7-15(18-4)14(8-13)10-19-11(2)9-17/h6-8,11-12,16-17H,5,9-10H2,1-4H3. The van der Waals surface area contributed by atoms with Crippen molar-refractivity contribution in [1.82, 2.24) is 5.32 Å². The predicted octanol–water partition coefficient (Wildman–Crippen LogP) is 2.98. The lowest BCUT2D eigenvalue weighted by atomic mass is 10.0. The maximum atomic E-state index is 9.09. The van der Waals surface area contributed by atoms with E-state index in [4.69, 9.17) is 9.84 Å². The summed E-state index contributed by atoms with van der Waals surface area (Å²) >= 11 is 1.74. The van der Waals surface area contributed by atoms with E-state index in [9.17, 15) is 0 Å². The van der Waals surface area contributed by atoms with E-state index in [1.807, 2.05) is 13.0 Å². The lowest BCUT2D eigenvalue weighted by molar-refractivity contribution is 0.300. The molecule has 1 aromatic rings. The molecule has 19 heavy (non-hydrogen) atoms. The smallest absolute Gasteiger partial charge is 0.122 e. The van der Waals surface area contributed by atoms with Crippen LogP contribution in [0.3, 0.4) is 0 Å². The van der Waals surface area contributed by atoms with Gasteiger partial charge in [0.05, 0.1) is 13.7 Å². The minimum atomic E-state index is 0.209. The van der Waals surface area contributed by atoms with Crippen molar-refractivity contribution < 1.29 is 9.84 Å². The molecular weight excluding hydrogens is 258 g/mol. The van der Waals surface area contributed by atoms with Gasteiger partial charge in [0.1, 0.15) is 5.75 Å². The molecular formula is C15H25NO2S. The summed E-state index contributed by atoms with van der Waals surface area (Å²) in [5, 5.41) is 12.8. The van der Waals surface area contributed by atoms with E-state index in [1.165, 1.54) is 11.1 Å². The lowest BCUT2D eigenvalue weighted by Gasteiger charge is -2.17. The van der Waals surface area contributed by atoms with Gasteiger partial charge in [-0.1, -0.05) is 19.9 Å². The number of benzene rings is 1. The molecule has 2 N–H and O–H groups in total. The van der Waals surface area contributed by atoms with Crippen LogP contribution in [0, 0.1) is 0 Å². The van der Waals surface area contributed by atoms with Crippen molar-refractivity contribution in [3.8, 4) is 5.75 Å². The van der Waals surface area contributed by atoms with Gasteiger partial charge < -0.3 is 15.2 Å². The summed E-state index contributed by atoms with van der Waals surface area (Å²) in [5.74, 6) is 1.78. The monoisotopic (exact) mass is 283 g/mol. The molecule has 3 nitrogen and oxygen atoms in total. The highest BCUT2D eigenvalue weighted by Crippen LogP contribution is 2.28. The second-order valence-electron chi connectivity index (χ2n) is 4.65. The fraction of sp³-hybridized carbons (Fsp3) is 0.600. The number of hydrogen-bond acceptors (Lipinski definition) is 4. The van der Waals surface area contributed by atoms with E-state index in [-0.39, 0.29) is 11.9 Å². The molecule has 2 unspecified atom stereocenters. The fourth-order valence-electron chi connectivity index (χ4n) is 1.89. The maximum Gasteiger partial charge on any atom is 0.122 e. The van der Waals surface area contributed by atoms with Gasteiger partial charge in [0.15, 0.2) is 0 Å². The number of ether oxygens (including phenoxy) is 1. The Kier molecular flexibility index (Phi) is 7.28. The van der Waals surface area contributed by atoms with Crippen LogP contribution >= 0.6 is 11.8 Å². The molecule has 0 amide bonds. The highest BCUT2D eigenvalue weighted by Gasteiger charge is 2.10. The Morgan fingerprint density at radius 3 is 2.68 bits per heavy atom. The van der Waals surface area contributed by atoms with Gasteiger partial charge in [-0.3, -0.25) is 0 Å². The molecule has 0 spiro atoms. The largest absolute Gasteiger partial charge is 0.496 e. The molecule has 0 saturated heterocycles. The van der Waals surface area contributed by atoms with E-state index < -0.39 is 0 Å². The summed E-state index contributed by atoms with van der Waals surface area (Å²) in [5.41, 5.74) is 2.46. The van der Waals surface area contributed by atoms with E-state index in [1.54, 1.807) is 18.9 Å². The van der Waals surface area contributed by atoms with Gasteiger partial charge in [0, 0.05) is 22.6 Å². The zero-order valence-corrected chi connectivity index (χ0v) is 13.1. The molecule has 1 aromatic carbocycles. The van der Waals surface area contributed by atoms with Crippen molar-refractivity contribution in [2.45, 2.75) is 37.8 Å². The van der Waals surface area contributed by atoms with Gasteiger partial charge in [0.2, 0.25) is 0 Å². The van der Waals surface area contributed by atoms with Crippen LogP contribution in [0.4, 0.5) is 0 Å². The summed E-state index contributed by atoms with van der Waals surface area (Å²) in [7, 11) is 1.70. The van der Waals surface area contributed by atoms with Crippen LogP contribution in [0.25, 0.3) is 0 Å². The number of aliphatic hydroxyl groups excluding tert-OH is 1. The van der Waals surface area contributed by atoms with Crippen molar-refractivity contribution in [3.63, 3.8) is 0 Å². The third kappa shape index (κ3) is 5.05. The summed E-state index contributed by atoms with van der Waals surface area (Å²) in [4.78, 5) is 0. The van der Waals surface area contributed by atoms with Crippen molar-refractivity contribution in [2.75, 3.05) is 20.3 Å². The molecule has 0 aromatic heterocycles. The first-order valence-corrected chi connectivity index (χ1v) is 7.79. The Balaban J connectivity index is 2.83. The van der Waals surface area contributed by atoms with Crippen LogP contribution < -0.4 is 10.1 Å². The minimum Gasteiger partial charge on any atom is -0.496 e. The van der Waals surface area contributed by atoms with E-state index in [0.717, 1.165) is 18.0 Å². The number of nitrogens with one attached hydrogen (secondary N) is 1. The molecule has 0 aliphatic heterocycles. The molecule has 0 bridgehead atoms. The average molecular weight is 283 g/mol. The number of rotatable bonds is 8. The molecule has 0 radical (unpaired) electrons. The minimum absolute atomic E-state index is 0.209. The first kappa shape index (κ1) is 16.3. The van der Waals surface area contributed by atoms with Crippen molar-refractivity contribution in [1.29, 1.82) is 0 Å². The van der Waals surface area contributed by atoms with Crippen LogP contribution in [-0.4, -0.2) is 30.6 Å². The highest BCUT2D eigenvalue weighted by atomic mass is 32.2. The first-order chi connectivity index (χ1) is 9.12. The fourth-order valence-corrected chi connectivity index (χ4v) is 2.68. The molecule has 108 valence electrons. The Hall–Kier alpha value is -0.710. The normalized spacial score (nSPS) is 14.2. The quantitative estimate of drug-likeness (QED) is 0.769. The molecule has 2 atom stereocenters. The second-order valence-corrected chi connectivity index (χ2v) is 6.08. The van der Waals surface area contributed by atoms with Gasteiger partial charge in [-0.2, -0.15) is 11.8 Å². The van der Waals surface area contributed by atoms with Crippen LogP contribution in [0.15, 0.2) is 18.2 Å². The highest BCUT2D eigenvalue weighted by molar-refractivity contribution is 7.99. The van der Waals surface area contributed by atoms with Crippen LogP contribution in [0.2, 0.25) is 0 Å². The van der Waals surface area contributed by atoms with Gasteiger partial charge >= 0.3 is 0 Å². The Morgan fingerprint density at radius 2 is 2.11 bits per heavy atom. The van der Waals surface area contributed by atoms with Crippen molar-refractivity contribution >= 4 is 11.8 Å². The van der Waals surface area contributed by atoms with Gasteiger partial charge in [-0.15, -0.1) is 0 Å². The summed E-state index contributed by atoms with van der Waals surface area (Å²) < 4.78 is 5.41. The molecule has 0 heterocycles. The Labute approximate surface area is 120 Å². The van der Waals surface area contributed by atoms with E-state index in [0.29, 0.717) is 6.04 Å². The molecule has 0 aliphatic carbocycles. The summed E-state index contributed by atoms with van der Waals surface area (Å²) in [6.07, 6.45) is 0. The molecule has 0 fully saturated rings. The number of aliphatic hydroxyl groups is 1. The molecule has 4 heteroatoms. The van der Waals surface area contributed by atoms with Crippen molar-refractivity contribution in [3.05, 3.63) is 29.3 Å². The third-order valence-electron chi connectivity index (χ3n) is 3.10. The van der Waals surface area contributed by atoms with Crippen LogP contribution in [0.5, 0.6) is 5.75 Å². The lowest BCUT2D eigenvalue weighted by Crippen LogP contribution is -2.17. The van der Waals surface area contributed by atoms with Gasteiger partial charge in [0.25, 0.3) is 0 Å². The topological polar surface area (TPSA) is 41.5 Å². The van der Waals surface area contributed by atoms with Crippen molar-refractivity contribution in [2.24, 2.45) is 0 Å². The maximum absolute atomic E-state index is 9.09. The molecule has 0 aliphatic rings. The van der Waals surface area contributed by atoms with E-state index >= 15 is 0 Å². The first-order valence-electron chi connectivity index (χ1n) is 6.75. The SMILES string of the molecule is CCNC(C)c1ccc(OC)c(CSC(C)CO)c1. The zero-order chi connectivity index (χ0) is 14.3. The van der Waals surface area contributed by atoms with Gasteiger partial charge in [-0.05, 0) is 31.2 Å². The number of thioether (sulfide) groups is 1. The average Bonchev–Trinajstić information content (AvgIpc) is 2.44. The second kappa shape index (κ2) is 8.46. The van der Waals surface area contributed by atoms with Crippen LogP contribution in [0.1, 0.15) is 37.9 Å². The van der Waals surface area contributed by atoms with Crippen LogP contribution in [-0.2, 0) is 5.75 Å². The summed E-state index contributed by atoms with van der Waals surface area (Å²) in [6, 6.07) is 6.68. The summed E-state index contributed by atoms with van der Waals surface area (Å²) in [6.45, 7) is 7.47. The van der Waals surface area contributed by atoms with Gasteiger partial charge in [-0.25, -0.2) is 0 Å². The molecule has 1 rings (SSSR count). The zero-order valence-electron chi connectivity index (χ0n) is 12.3. The van der Waals surface area contributed by atoms with E-state index in [2.05, 4.69) is 31.3 Å². The number of methoxy groups -OCH3 is 1. The third-order valence-corrected chi connectivity index (χ3v) is 4.29.